The molecule has 0 amide bonds. The monoisotopic (exact) mass is 333 g/mol. The van der Waals surface area contributed by atoms with E-state index in [1.54, 1.807) is 0 Å². The van der Waals surface area contributed by atoms with Crippen LogP contribution < -0.4 is 5.56 Å². The van der Waals surface area contributed by atoms with E-state index in [1.165, 1.54) is 17.3 Å². The maximum absolute atomic E-state index is 12.3. The number of H-pyrrole nitrogens is 2. The van der Waals surface area contributed by atoms with Crippen LogP contribution in [0, 0.1) is 0 Å². The zero-order valence-electron chi connectivity index (χ0n) is 12.8. The van der Waals surface area contributed by atoms with Crippen LogP contribution in [0.2, 0.25) is 0 Å². The quantitative estimate of drug-likeness (QED) is 0.434. The third-order valence-electron chi connectivity index (χ3n) is 3.82. The van der Waals surface area contributed by atoms with E-state index in [9.17, 15) is 4.79 Å². The van der Waals surface area contributed by atoms with Crippen molar-refractivity contribution >= 4 is 22.8 Å². The van der Waals surface area contributed by atoms with Crippen molar-refractivity contribution in [3.8, 4) is 11.1 Å². The Morgan fingerprint density at radius 1 is 0.958 bits per heavy atom. The maximum atomic E-state index is 12.3. The highest BCUT2D eigenvalue weighted by molar-refractivity contribution is 7.98. The summed E-state index contributed by atoms with van der Waals surface area (Å²) in [5.41, 5.74) is 4.26. The highest BCUT2D eigenvalue weighted by atomic mass is 32.2. The first-order valence-electron chi connectivity index (χ1n) is 7.65. The average Bonchev–Trinajstić information content (AvgIpc) is 3.06. The summed E-state index contributed by atoms with van der Waals surface area (Å²) in [7, 11) is 0. The van der Waals surface area contributed by atoms with Crippen LogP contribution in [0.1, 0.15) is 5.56 Å². The highest BCUT2D eigenvalue weighted by Crippen LogP contribution is 2.27. The Balaban J connectivity index is 1.72. The molecule has 0 spiro atoms. The van der Waals surface area contributed by atoms with Crippen LogP contribution in [0.25, 0.3) is 22.2 Å². The molecule has 118 valence electrons. The molecule has 0 aliphatic carbocycles. The lowest BCUT2D eigenvalue weighted by Crippen LogP contribution is -2.09. The van der Waals surface area contributed by atoms with Crippen LogP contribution in [0.5, 0.6) is 0 Å². The van der Waals surface area contributed by atoms with Gasteiger partial charge in [0.05, 0.1) is 0 Å². The van der Waals surface area contributed by atoms with E-state index < -0.39 is 0 Å². The van der Waals surface area contributed by atoms with Crippen molar-refractivity contribution in [1.82, 2.24) is 15.0 Å². The normalized spacial score (nSPS) is 11.0. The van der Waals surface area contributed by atoms with Gasteiger partial charge in [-0.3, -0.25) is 9.78 Å². The number of rotatable bonds is 4. The smallest absolute Gasteiger partial charge is 0.275 e. The van der Waals surface area contributed by atoms with Crippen molar-refractivity contribution in [3.63, 3.8) is 0 Å². The summed E-state index contributed by atoms with van der Waals surface area (Å²) in [6.07, 6.45) is 1.84. The van der Waals surface area contributed by atoms with E-state index in [4.69, 9.17) is 0 Å². The summed E-state index contributed by atoms with van der Waals surface area (Å²) in [5, 5.41) is 0.633. The molecular weight excluding hydrogens is 318 g/mol. The number of nitrogens with zero attached hydrogens (tertiary/aromatic N) is 1. The summed E-state index contributed by atoms with van der Waals surface area (Å²) in [4.78, 5) is 22.9. The number of aromatic nitrogens is 3. The van der Waals surface area contributed by atoms with Crippen molar-refractivity contribution in [2.45, 2.75) is 10.9 Å². The van der Waals surface area contributed by atoms with Crippen LogP contribution in [0.3, 0.4) is 0 Å². The van der Waals surface area contributed by atoms with E-state index in [2.05, 4.69) is 27.1 Å². The molecule has 4 aromatic rings. The Hall–Kier alpha value is -2.79. The fourth-order valence-corrected chi connectivity index (χ4v) is 3.44. The van der Waals surface area contributed by atoms with Crippen LogP contribution in [-0.2, 0) is 5.75 Å². The standard InChI is InChI=1S/C19H15N3OS/c23-18-17-16(15(11-20-17)14-9-5-2-6-10-14)21-19(22-18)24-12-13-7-3-1-4-8-13/h1-11,20H,12H2,(H,21,22,23). The molecule has 0 aliphatic rings. The fraction of sp³-hybridized carbons (Fsp3) is 0.0526. The van der Waals surface area contributed by atoms with E-state index in [1.807, 2.05) is 54.7 Å². The minimum Gasteiger partial charge on any atom is -0.355 e. The molecule has 2 aromatic carbocycles. The van der Waals surface area contributed by atoms with Crippen molar-refractivity contribution in [3.05, 3.63) is 82.8 Å². The summed E-state index contributed by atoms with van der Waals surface area (Å²) in [5.74, 6) is 0.764. The third kappa shape index (κ3) is 2.86. The predicted molar refractivity (Wildman–Crippen MR) is 98.2 cm³/mol. The maximum Gasteiger partial charge on any atom is 0.275 e. The minimum atomic E-state index is -0.141. The van der Waals surface area contributed by atoms with Gasteiger partial charge in [0.1, 0.15) is 11.0 Å². The van der Waals surface area contributed by atoms with Gasteiger partial charge >= 0.3 is 0 Å². The van der Waals surface area contributed by atoms with Gasteiger partial charge < -0.3 is 4.98 Å². The number of benzene rings is 2. The number of thioether (sulfide) groups is 1. The molecule has 0 saturated carbocycles. The summed E-state index contributed by atoms with van der Waals surface area (Å²) >= 11 is 1.53. The van der Waals surface area contributed by atoms with Crippen LogP contribution in [0.15, 0.2) is 76.8 Å². The lowest BCUT2D eigenvalue weighted by Gasteiger charge is -2.03. The zero-order chi connectivity index (χ0) is 16.4. The molecule has 0 atom stereocenters. The Kier molecular flexibility index (Phi) is 3.92. The fourth-order valence-electron chi connectivity index (χ4n) is 2.63. The first kappa shape index (κ1) is 14.8. The summed E-state index contributed by atoms with van der Waals surface area (Å²) < 4.78 is 0. The van der Waals surface area contributed by atoms with Gasteiger partial charge in [-0.25, -0.2) is 4.98 Å². The van der Waals surface area contributed by atoms with Gasteiger partial charge in [-0.1, -0.05) is 72.4 Å². The summed E-state index contributed by atoms with van der Waals surface area (Å²) in [6, 6.07) is 20.1. The Labute approximate surface area is 143 Å². The van der Waals surface area contributed by atoms with Gasteiger partial charge in [0.25, 0.3) is 5.56 Å². The van der Waals surface area contributed by atoms with E-state index in [0.717, 1.165) is 16.9 Å². The molecular formula is C19H15N3OS. The number of fused-ring (bicyclic) bond motifs is 1. The molecule has 0 unspecified atom stereocenters. The van der Waals surface area contributed by atoms with Crippen LogP contribution in [-0.4, -0.2) is 15.0 Å². The molecule has 5 heteroatoms. The third-order valence-corrected chi connectivity index (χ3v) is 4.76. The number of nitrogens with one attached hydrogen (secondary N) is 2. The minimum absolute atomic E-state index is 0.141. The molecule has 0 saturated heterocycles. The summed E-state index contributed by atoms with van der Waals surface area (Å²) in [6.45, 7) is 0. The number of aromatic amines is 2. The predicted octanol–water partition coefficient (Wildman–Crippen LogP) is 4.21. The van der Waals surface area contributed by atoms with Crippen LogP contribution >= 0.6 is 11.8 Å². The van der Waals surface area contributed by atoms with E-state index >= 15 is 0 Å². The number of hydrogen-bond donors (Lipinski definition) is 2. The van der Waals surface area contributed by atoms with Crippen molar-refractivity contribution in [2.75, 3.05) is 0 Å². The SMILES string of the molecule is O=c1[nH]c(SCc2ccccc2)nc2c(-c3ccccc3)c[nH]c12. The molecule has 0 bridgehead atoms. The molecule has 2 aromatic heterocycles. The van der Waals surface area contributed by atoms with Crippen LogP contribution in [0.4, 0.5) is 0 Å². The molecule has 2 N–H and O–H groups in total. The van der Waals surface area contributed by atoms with Crippen molar-refractivity contribution in [2.24, 2.45) is 0 Å². The second-order valence-electron chi connectivity index (χ2n) is 5.44. The van der Waals surface area contributed by atoms with Gasteiger partial charge in [-0.15, -0.1) is 0 Å². The van der Waals surface area contributed by atoms with E-state index in [-0.39, 0.29) is 5.56 Å². The lowest BCUT2D eigenvalue weighted by molar-refractivity contribution is 0.972. The first-order valence-corrected chi connectivity index (χ1v) is 8.63. The largest absolute Gasteiger partial charge is 0.355 e. The second kappa shape index (κ2) is 6.37. The van der Waals surface area contributed by atoms with Gasteiger partial charge in [0.15, 0.2) is 5.16 Å². The Morgan fingerprint density at radius 3 is 2.42 bits per heavy atom. The lowest BCUT2D eigenvalue weighted by atomic mass is 10.1. The highest BCUT2D eigenvalue weighted by Gasteiger charge is 2.12. The Bertz CT molecular complexity index is 1020. The van der Waals surface area contributed by atoms with Gasteiger partial charge in [-0.2, -0.15) is 0 Å². The molecule has 0 radical (unpaired) electrons. The van der Waals surface area contributed by atoms with Gasteiger partial charge in [-0.05, 0) is 11.1 Å². The van der Waals surface area contributed by atoms with Crippen molar-refractivity contribution < 1.29 is 0 Å². The van der Waals surface area contributed by atoms with E-state index in [0.29, 0.717) is 16.2 Å². The molecule has 2 heterocycles. The number of hydrogen-bond acceptors (Lipinski definition) is 3. The molecule has 0 fully saturated rings. The van der Waals surface area contributed by atoms with Crippen molar-refractivity contribution in [1.29, 1.82) is 0 Å². The molecule has 24 heavy (non-hydrogen) atoms. The average molecular weight is 333 g/mol. The second-order valence-corrected chi connectivity index (χ2v) is 6.40. The van der Waals surface area contributed by atoms with Gasteiger partial charge in [0.2, 0.25) is 0 Å². The molecule has 4 nitrogen and oxygen atoms in total. The first-order chi connectivity index (χ1) is 11.8. The molecule has 0 aliphatic heterocycles. The zero-order valence-corrected chi connectivity index (χ0v) is 13.6. The Morgan fingerprint density at radius 2 is 1.67 bits per heavy atom. The molecule has 4 rings (SSSR count). The van der Waals surface area contributed by atoms with Gasteiger partial charge in [0, 0.05) is 17.5 Å². The topological polar surface area (TPSA) is 61.5 Å².